The minimum absolute atomic E-state index is 0.178. The normalized spacial score (nSPS) is 15.5. The number of nitrogens with zero attached hydrogens (tertiary/aromatic N) is 2. The lowest BCUT2D eigenvalue weighted by atomic mass is 10.2. The molecule has 1 aliphatic rings. The smallest absolute Gasteiger partial charge is 0.306 e. The highest BCUT2D eigenvalue weighted by Crippen LogP contribution is 2.24. The van der Waals surface area contributed by atoms with Crippen molar-refractivity contribution in [2.75, 3.05) is 19.6 Å². The van der Waals surface area contributed by atoms with Gasteiger partial charge >= 0.3 is 11.9 Å². The van der Waals surface area contributed by atoms with Crippen molar-refractivity contribution in [3.8, 4) is 0 Å². The Morgan fingerprint density at radius 3 is 2.64 bits per heavy atom. The third kappa shape index (κ3) is 7.12. The van der Waals surface area contributed by atoms with Gasteiger partial charge in [-0.2, -0.15) is 0 Å². The van der Waals surface area contributed by atoms with Crippen LogP contribution in [0, 0.1) is 0 Å². The van der Waals surface area contributed by atoms with Crippen LogP contribution in [0.5, 0.6) is 0 Å². The monoisotopic (exact) mass is 368 g/mol. The summed E-state index contributed by atoms with van der Waals surface area (Å²) >= 11 is 1.70. The Balaban J connectivity index is 1.80. The van der Waals surface area contributed by atoms with Gasteiger partial charge in [-0.1, -0.05) is 0 Å². The summed E-state index contributed by atoms with van der Waals surface area (Å²) in [5.74, 6) is -0.910. The molecule has 0 saturated carbocycles. The minimum atomic E-state index is -0.731. The number of aliphatic carboxylic acids is 1. The second-order valence-electron chi connectivity index (χ2n) is 7.40. The summed E-state index contributed by atoms with van der Waals surface area (Å²) in [5.41, 5.74) is 0.700. The molecule has 0 amide bonds. The number of aryl methyl sites for hydroxylation is 1. The third-order valence-corrected chi connectivity index (χ3v) is 5.19. The quantitative estimate of drug-likeness (QED) is 0.746. The van der Waals surface area contributed by atoms with Gasteiger partial charge in [0.2, 0.25) is 0 Å². The highest BCUT2D eigenvalue weighted by Gasteiger charge is 2.20. The maximum Gasteiger partial charge on any atom is 0.306 e. The summed E-state index contributed by atoms with van der Waals surface area (Å²) in [6, 6.07) is 0. The van der Waals surface area contributed by atoms with Crippen LogP contribution in [-0.2, 0) is 33.6 Å². The van der Waals surface area contributed by atoms with Crippen LogP contribution in [0.25, 0.3) is 0 Å². The van der Waals surface area contributed by atoms with E-state index in [0.29, 0.717) is 19.3 Å². The van der Waals surface area contributed by atoms with Crippen LogP contribution in [0.1, 0.15) is 55.6 Å². The first-order valence-corrected chi connectivity index (χ1v) is 9.68. The topological polar surface area (TPSA) is 79.7 Å². The van der Waals surface area contributed by atoms with E-state index in [2.05, 4.69) is 4.90 Å². The Kier molecular flexibility index (Phi) is 6.95. The van der Waals surface area contributed by atoms with E-state index in [-0.39, 0.29) is 12.4 Å². The Morgan fingerprint density at radius 2 is 1.96 bits per heavy atom. The van der Waals surface area contributed by atoms with Crippen molar-refractivity contribution in [1.82, 2.24) is 9.88 Å². The van der Waals surface area contributed by atoms with Crippen molar-refractivity contribution in [2.45, 2.75) is 64.9 Å². The molecule has 25 heavy (non-hydrogen) atoms. The predicted molar refractivity (Wildman–Crippen MR) is 97.0 cm³/mol. The Hall–Kier alpha value is -1.47. The SMILES string of the molecule is CC(C)(C)OC(=O)CCc1nc2c(s1)CCN(CCCC(=O)O)CC2. The fraction of sp³-hybridized carbons (Fsp3) is 0.722. The first kappa shape index (κ1) is 19.8. The molecular weight excluding hydrogens is 340 g/mol. The Labute approximate surface area is 153 Å². The molecule has 0 aromatic carbocycles. The van der Waals surface area contributed by atoms with E-state index in [9.17, 15) is 9.59 Å². The van der Waals surface area contributed by atoms with Crippen LogP contribution < -0.4 is 0 Å². The number of carboxylic acids is 1. The van der Waals surface area contributed by atoms with Crippen LogP contribution >= 0.6 is 11.3 Å². The lowest BCUT2D eigenvalue weighted by molar-refractivity contribution is -0.154. The standard InChI is InChI=1S/C18H28N2O4S/c1-18(2,3)24-17(23)7-6-15-19-13-8-11-20(10-4-5-16(21)22)12-9-14(13)25-15/h4-12H2,1-3H3,(H,21,22). The van der Waals surface area contributed by atoms with Gasteiger partial charge < -0.3 is 14.7 Å². The van der Waals surface area contributed by atoms with Crippen molar-refractivity contribution in [1.29, 1.82) is 0 Å². The zero-order chi connectivity index (χ0) is 18.4. The largest absolute Gasteiger partial charge is 0.481 e. The number of rotatable bonds is 7. The van der Waals surface area contributed by atoms with Crippen molar-refractivity contribution in [3.05, 3.63) is 15.6 Å². The molecular formula is C18H28N2O4S. The number of carbonyl (C=O) groups is 2. The summed E-state index contributed by atoms with van der Waals surface area (Å²) < 4.78 is 5.34. The molecule has 2 rings (SSSR count). The van der Waals surface area contributed by atoms with Gasteiger partial charge in [-0.25, -0.2) is 4.98 Å². The summed E-state index contributed by atoms with van der Waals surface area (Å²) in [5, 5.41) is 9.74. The summed E-state index contributed by atoms with van der Waals surface area (Å²) in [4.78, 5) is 30.8. The van der Waals surface area contributed by atoms with E-state index in [4.69, 9.17) is 14.8 Å². The Morgan fingerprint density at radius 1 is 1.24 bits per heavy atom. The number of ether oxygens (including phenoxy) is 1. The van der Waals surface area contributed by atoms with Gasteiger partial charge in [0.05, 0.1) is 17.1 Å². The number of carboxylic acid groups (broad SMARTS) is 1. The maximum absolute atomic E-state index is 11.8. The van der Waals surface area contributed by atoms with Crippen molar-refractivity contribution < 1.29 is 19.4 Å². The number of hydrogen-bond acceptors (Lipinski definition) is 6. The molecule has 1 aromatic heterocycles. The average Bonchev–Trinajstić information content (AvgIpc) is 2.78. The van der Waals surface area contributed by atoms with Crippen LogP contribution in [0.4, 0.5) is 0 Å². The molecule has 1 aromatic rings. The van der Waals surface area contributed by atoms with Crippen molar-refractivity contribution in [3.63, 3.8) is 0 Å². The fourth-order valence-corrected chi connectivity index (χ4v) is 3.95. The molecule has 0 fully saturated rings. The van der Waals surface area contributed by atoms with E-state index in [0.717, 1.165) is 43.2 Å². The molecule has 1 aliphatic heterocycles. The highest BCUT2D eigenvalue weighted by atomic mass is 32.1. The summed E-state index contributed by atoms with van der Waals surface area (Å²) in [6.45, 7) is 8.31. The molecule has 0 atom stereocenters. The lowest BCUT2D eigenvalue weighted by Gasteiger charge is -2.19. The predicted octanol–water partition coefficient (Wildman–Crippen LogP) is 2.68. The molecule has 0 bridgehead atoms. The van der Waals surface area contributed by atoms with Crippen LogP contribution in [0.3, 0.4) is 0 Å². The average molecular weight is 368 g/mol. The summed E-state index contributed by atoms with van der Waals surface area (Å²) in [6.07, 6.45) is 3.76. The second kappa shape index (κ2) is 8.76. The van der Waals surface area contributed by atoms with Gasteiger partial charge in [0.15, 0.2) is 0 Å². The molecule has 0 spiro atoms. The highest BCUT2D eigenvalue weighted by molar-refractivity contribution is 7.11. The van der Waals surface area contributed by atoms with Gasteiger partial charge in [0.1, 0.15) is 5.60 Å². The van der Waals surface area contributed by atoms with Crippen molar-refractivity contribution in [2.24, 2.45) is 0 Å². The molecule has 7 heteroatoms. The molecule has 1 N–H and O–H groups in total. The van der Waals surface area contributed by atoms with Gasteiger partial charge in [-0.3, -0.25) is 9.59 Å². The van der Waals surface area contributed by atoms with Crippen LogP contribution in [0.2, 0.25) is 0 Å². The lowest BCUT2D eigenvalue weighted by Crippen LogP contribution is -2.28. The fourth-order valence-electron chi connectivity index (χ4n) is 2.85. The summed E-state index contributed by atoms with van der Waals surface area (Å²) in [7, 11) is 0. The number of thiazole rings is 1. The van der Waals surface area contributed by atoms with E-state index in [1.807, 2.05) is 20.8 Å². The van der Waals surface area contributed by atoms with E-state index < -0.39 is 11.6 Å². The van der Waals surface area contributed by atoms with Crippen molar-refractivity contribution >= 4 is 23.3 Å². The number of fused-ring (bicyclic) bond motifs is 1. The first-order chi connectivity index (χ1) is 11.7. The molecule has 6 nitrogen and oxygen atoms in total. The molecule has 0 aliphatic carbocycles. The van der Waals surface area contributed by atoms with E-state index in [1.165, 1.54) is 4.88 Å². The van der Waals surface area contributed by atoms with Gasteiger partial charge in [-0.05, 0) is 40.2 Å². The maximum atomic E-state index is 11.8. The van der Waals surface area contributed by atoms with E-state index >= 15 is 0 Å². The van der Waals surface area contributed by atoms with Crippen LogP contribution in [-0.4, -0.2) is 52.2 Å². The minimum Gasteiger partial charge on any atom is -0.481 e. The number of carbonyl (C=O) groups excluding carboxylic acids is 1. The van der Waals surface area contributed by atoms with Gasteiger partial charge in [0.25, 0.3) is 0 Å². The molecule has 0 radical (unpaired) electrons. The first-order valence-electron chi connectivity index (χ1n) is 8.86. The van der Waals surface area contributed by atoms with E-state index in [1.54, 1.807) is 11.3 Å². The molecule has 0 saturated heterocycles. The molecule has 2 heterocycles. The number of hydrogen-bond donors (Lipinski definition) is 1. The number of esters is 1. The number of aromatic nitrogens is 1. The van der Waals surface area contributed by atoms with Gasteiger partial charge in [-0.15, -0.1) is 11.3 Å². The zero-order valence-electron chi connectivity index (χ0n) is 15.3. The Bertz CT molecular complexity index is 581. The molecule has 140 valence electrons. The van der Waals surface area contributed by atoms with Gasteiger partial charge in [0, 0.05) is 37.2 Å². The zero-order valence-corrected chi connectivity index (χ0v) is 16.2. The second-order valence-corrected chi connectivity index (χ2v) is 8.57. The third-order valence-electron chi connectivity index (χ3n) is 3.97. The van der Waals surface area contributed by atoms with Crippen LogP contribution in [0.15, 0.2) is 0 Å². The molecule has 0 unspecified atom stereocenters.